The number of carbonyl (C=O) groups excluding carboxylic acids is 2. The van der Waals surface area contributed by atoms with Crippen molar-refractivity contribution in [3.8, 4) is 0 Å². The molecular formula is C20H28N6O2S. The van der Waals surface area contributed by atoms with Crippen molar-refractivity contribution in [1.29, 1.82) is 0 Å². The van der Waals surface area contributed by atoms with Crippen molar-refractivity contribution in [3.63, 3.8) is 0 Å². The maximum atomic E-state index is 12.4. The number of aryl methyl sites for hydroxylation is 1. The lowest BCUT2D eigenvalue weighted by atomic mass is 10.2. The Morgan fingerprint density at radius 3 is 2.55 bits per heavy atom. The molecule has 0 saturated carbocycles. The van der Waals surface area contributed by atoms with Crippen LogP contribution in [0.25, 0.3) is 0 Å². The summed E-state index contributed by atoms with van der Waals surface area (Å²) in [6, 6.07) is 6.91. The van der Waals surface area contributed by atoms with Gasteiger partial charge in [0.15, 0.2) is 0 Å². The van der Waals surface area contributed by atoms with Gasteiger partial charge in [-0.2, -0.15) is 0 Å². The Morgan fingerprint density at radius 2 is 1.86 bits per heavy atom. The molecule has 0 spiro atoms. The normalized spacial score (nSPS) is 15.2. The van der Waals surface area contributed by atoms with Crippen LogP contribution in [-0.2, 0) is 0 Å². The molecule has 1 aromatic carbocycles. The molecule has 1 fully saturated rings. The van der Waals surface area contributed by atoms with E-state index in [9.17, 15) is 9.59 Å². The third-order valence-electron chi connectivity index (χ3n) is 4.95. The van der Waals surface area contributed by atoms with Crippen LogP contribution in [0.2, 0.25) is 0 Å². The van der Waals surface area contributed by atoms with E-state index in [4.69, 9.17) is 0 Å². The summed E-state index contributed by atoms with van der Waals surface area (Å²) in [5.41, 5.74) is 1.08. The second kappa shape index (κ2) is 10.4. The van der Waals surface area contributed by atoms with Crippen molar-refractivity contribution < 1.29 is 9.59 Å². The van der Waals surface area contributed by atoms with Crippen molar-refractivity contribution in [2.24, 2.45) is 0 Å². The first-order valence-corrected chi connectivity index (χ1v) is 10.8. The van der Waals surface area contributed by atoms with E-state index in [0.717, 1.165) is 50.7 Å². The number of hydrogen-bond acceptors (Lipinski definition) is 7. The monoisotopic (exact) mass is 416 g/mol. The highest BCUT2D eigenvalue weighted by molar-refractivity contribution is 7.13. The van der Waals surface area contributed by atoms with Gasteiger partial charge in [-0.05, 0) is 44.6 Å². The molecule has 156 valence electrons. The summed E-state index contributed by atoms with van der Waals surface area (Å²) in [4.78, 5) is 29.5. The fraction of sp³-hybridized carbons (Fsp3) is 0.500. The van der Waals surface area contributed by atoms with Crippen LogP contribution in [0, 0.1) is 6.92 Å². The number of benzene rings is 1. The molecule has 1 aliphatic heterocycles. The van der Waals surface area contributed by atoms with Crippen LogP contribution in [0.15, 0.2) is 24.3 Å². The van der Waals surface area contributed by atoms with E-state index in [1.165, 1.54) is 11.3 Å². The number of hydrogen-bond donors (Lipinski definition) is 2. The molecule has 0 radical (unpaired) electrons. The SMILES string of the molecule is CCN1CCN(CCCNC(=O)c2cccc(NC(=O)c3nnc(C)s3)c2)CC1. The number of nitrogens with zero attached hydrogens (tertiary/aromatic N) is 4. The van der Waals surface area contributed by atoms with Crippen LogP contribution in [-0.4, -0.2) is 77.6 Å². The van der Waals surface area contributed by atoms with Crippen LogP contribution in [0.4, 0.5) is 5.69 Å². The van der Waals surface area contributed by atoms with Crippen molar-refractivity contribution in [3.05, 3.63) is 39.8 Å². The molecule has 2 amide bonds. The quantitative estimate of drug-likeness (QED) is 0.639. The molecule has 1 saturated heterocycles. The van der Waals surface area contributed by atoms with E-state index in [0.29, 0.717) is 22.8 Å². The number of amides is 2. The Hall–Kier alpha value is -2.36. The molecule has 29 heavy (non-hydrogen) atoms. The molecule has 0 unspecified atom stereocenters. The van der Waals surface area contributed by atoms with Gasteiger partial charge in [0.1, 0.15) is 5.01 Å². The van der Waals surface area contributed by atoms with Gasteiger partial charge in [-0.3, -0.25) is 9.59 Å². The number of nitrogens with one attached hydrogen (secondary N) is 2. The molecule has 0 aliphatic carbocycles. The number of aromatic nitrogens is 2. The molecule has 3 rings (SSSR count). The largest absolute Gasteiger partial charge is 0.352 e. The van der Waals surface area contributed by atoms with E-state index in [-0.39, 0.29) is 11.8 Å². The smallest absolute Gasteiger partial charge is 0.286 e. The Morgan fingerprint density at radius 1 is 1.10 bits per heavy atom. The molecule has 0 bridgehead atoms. The summed E-state index contributed by atoms with van der Waals surface area (Å²) < 4.78 is 0. The van der Waals surface area contributed by atoms with Gasteiger partial charge in [0, 0.05) is 44.0 Å². The number of rotatable bonds is 8. The lowest BCUT2D eigenvalue weighted by Gasteiger charge is -2.33. The third-order valence-corrected chi connectivity index (χ3v) is 5.79. The van der Waals surface area contributed by atoms with Gasteiger partial charge in [0.05, 0.1) is 0 Å². The highest BCUT2D eigenvalue weighted by Crippen LogP contribution is 2.14. The first kappa shape index (κ1) is 21.4. The van der Waals surface area contributed by atoms with E-state index in [1.807, 2.05) is 0 Å². The van der Waals surface area contributed by atoms with E-state index >= 15 is 0 Å². The Bertz CT molecular complexity index is 832. The maximum absolute atomic E-state index is 12.4. The van der Waals surface area contributed by atoms with Crippen LogP contribution >= 0.6 is 11.3 Å². The second-order valence-corrected chi connectivity index (χ2v) is 8.23. The summed E-state index contributed by atoms with van der Waals surface area (Å²) in [6.07, 6.45) is 0.921. The highest BCUT2D eigenvalue weighted by atomic mass is 32.1. The Labute approximate surface area is 175 Å². The van der Waals surface area contributed by atoms with Gasteiger partial charge in [-0.25, -0.2) is 0 Å². The third kappa shape index (κ3) is 6.31. The molecule has 2 aromatic rings. The lowest BCUT2D eigenvalue weighted by molar-refractivity contribution is 0.0947. The van der Waals surface area contributed by atoms with Gasteiger partial charge < -0.3 is 20.4 Å². The summed E-state index contributed by atoms with van der Waals surface area (Å²) >= 11 is 1.23. The summed E-state index contributed by atoms with van der Waals surface area (Å²) in [5, 5.41) is 14.4. The lowest BCUT2D eigenvalue weighted by Crippen LogP contribution is -2.46. The highest BCUT2D eigenvalue weighted by Gasteiger charge is 2.15. The second-order valence-electron chi connectivity index (χ2n) is 7.05. The standard InChI is InChI=1S/C20H28N6O2S/c1-3-25-10-12-26(13-11-25)9-5-8-21-18(27)16-6-4-7-17(14-16)22-19(28)20-24-23-15(2)29-20/h4,6-7,14H,3,5,8-13H2,1-2H3,(H,21,27)(H,22,28). The molecular weight excluding hydrogens is 388 g/mol. The zero-order valence-electron chi connectivity index (χ0n) is 17.0. The molecule has 1 aromatic heterocycles. The molecule has 0 atom stereocenters. The molecule has 9 heteroatoms. The number of anilines is 1. The van der Waals surface area contributed by atoms with Gasteiger partial charge in [-0.15, -0.1) is 10.2 Å². The number of likely N-dealkylation sites (N-methyl/N-ethyl adjacent to an activating group) is 1. The molecule has 2 N–H and O–H groups in total. The topological polar surface area (TPSA) is 90.5 Å². The van der Waals surface area contributed by atoms with E-state index in [2.05, 4.69) is 37.6 Å². The summed E-state index contributed by atoms with van der Waals surface area (Å²) in [6.45, 7) is 11.2. The first-order valence-electron chi connectivity index (χ1n) is 9.99. The van der Waals surface area contributed by atoms with Gasteiger partial charge in [0.25, 0.3) is 11.8 Å². The fourth-order valence-electron chi connectivity index (χ4n) is 3.25. The number of carbonyl (C=O) groups is 2. The Kier molecular flexibility index (Phi) is 7.68. The van der Waals surface area contributed by atoms with Crippen molar-refractivity contribution in [2.75, 3.05) is 51.1 Å². The fourth-order valence-corrected chi connectivity index (χ4v) is 3.83. The minimum atomic E-state index is -0.323. The Balaban J connectivity index is 1.42. The minimum Gasteiger partial charge on any atom is -0.352 e. The van der Waals surface area contributed by atoms with Gasteiger partial charge in [0.2, 0.25) is 5.01 Å². The molecule has 8 nitrogen and oxygen atoms in total. The van der Waals surface area contributed by atoms with Crippen molar-refractivity contribution in [2.45, 2.75) is 20.3 Å². The van der Waals surface area contributed by atoms with Crippen LogP contribution in [0.5, 0.6) is 0 Å². The van der Waals surface area contributed by atoms with Gasteiger partial charge in [-0.1, -0.05) is 24.3 Å². The maximum Gasteiger partial charge on any atom is 0.286 e. The van der Waals surface area contributed by atoms with E-state index in [1.54, 1.807) is 31.2 Å². The van der Waals surface area contributed by atoms with E-state index < -0.39 is 0 Å². The average molecular weight is 417 g/mol. The zero-order valence-corrected chi connectivity index (χ0v) is 17.8. The summed E-state index contributed by atoms with van der Waals surface area (Å²) in [5.74, 6) is -0.458. The molecule has 1 aliphatic rings. The van der Waals surface area contributed by atoms with Gasteiger partial charge >= 0.3 is 0 Å². The summed E-state index contributed by atoms with van der Waals surface area (Å²) in [7, 11) is 0. The van der Waals surface area contributed by atoms with Crippen LogP contribution in [0.1, 0.15) is 38.5 Å². The number of piperazine rings is 1. The van der Waals surface area contributed by atoms with Crippen LogP contribution in [0.3, 0.4) is 0 Å². The van der Waals surface area contributed by atoms with Crippen molar-refractivity contribution >= 4 is 28.8 Å². The predicted molar refractivity (Wildman–Crippen MR) is 115 cm³/mol. The van der Waals surface area contributed by atoms with Crippen molar-refractivity contribution in [1.82, 2.24) is 25.3 Å². The zero-order chi connectivity index (χ0) is 20.6. The molecule has 2 heterocycles. The van der Waals surface area contributed by atoms with Crippen LogP contribution < -0.4 is 10.6 Å². The minimum absolute atomic E-state index is 0.135. The average Bonchev–Trinajstić information content (AvgIpc) is 3.18. The predicted octanol–water partition coefficient (Wildman–Crippen LogP) is 1.86. The first-order chi connectivity index (χ1) is 14.0.